The third-order valence-electron chi connectivity index (χ3n) is 3.81. The monoisotopic (exact) mass is 317 g/mol. The highest BCUT2D eigenvalue weighted by Gasteiger charge is 2.38. The summed E-state index contributed by atoms with van der Waals surface area (Å²) in [6, 6.07) is 1.66. The van der Waals surface area contributed by atoms with Crippen molar-refractivity contribution in [2.45, 2.75) is 25.0 Å². The van der Waals surface area contributed by atoms with Gasteiger partial charge in [0, 0.05) is 25.7 Å². The van der Waals surface area contributed by atoms with Gasteiger partial charge in [0.1, 0.15) is 18.3 Å². The molecule has 8 heteroatoms. The molecule has 122 valence electrons. The van der Waals surface area contributed by atoms with Crippen LogP contribution in [0.3, 0.4) is 0 Å². The van der Waals surface area contributed by atoms with E-state index in [0.29, 0.717) is 18.9 Å². The third kappa shape index (κ3) is 3.54. The second-order valence-electron chi connectivity index (χ2n) is 5.30. The summed E-state index contributed by atoms with van der Waals surface area (Å²) in [6.07, 6.45) is 9.64. The van der Waals surface area contributed by atoms with Crippen molar-refractivity contribution < 1.29 is 14.3 Å². The Morgan fingerprint density at radius 1 is 1.35 bits per heavy atom. The molecular weight excluding hydrogens is 298 g/mol. The predicted molar refractivity (Wildman–Crippen MR) is 81.4 cm³/mol. The van der Waals surface area contributed by atoms with Crippen LogP contribution >= 0.6 is 0 Å². The fourth-order valence-corrected chi connectivity index (χ4v) is 2.55. The summed E-state index contributed by atoms with van der Waals surface area (Å²) in [5.74, 6) is -0.175. The SMILES string of the molecule is COCCOC1CC(N(C(=O)c2ccncn2)n2ccnc2)C1. The predicted octanol–water partition coefficient (Wildman–Crippen LogP) is 0.645. The van der Waals surface area contributed by atoms with Crippen molar-refractivity contribution in [3.63, 3.8) is 0 Å². The number of hydrogen-bond donors (Lipinski definition) is 0. The number of imidazole rings is 1. The average Bonchev–Trinajstić information content (AvgIpc) is 3.07. The van der Waals surface area contributed by atoms with Crippen LogP contribution in [0.25, 0.3) is 0 Å². The van der Waals surface area contributed by atoms with Gasteiger partial charge in [0.2, 0.25) is 0 Å². The topological polar surface area (TPSA) is 82.4 Å². The number of rotatable bonds is 7. The van der Waals surface area contributed by atoms with Gasteiger partial charge in [-0.05, 0) is 18.9 Å². The van der Waals surface area contributed by atoms with E-state index in [2.05, 4.69) is 15.0 Å². The molecule has 0 N–H and O–H groups in total. The highest BCUT2D eigenvalue weighted by atomic mass is 16.5. The van der Waals surface area contributed by atoms with Crippen molar-refractivity contribution in [1.82, 2.24) is 19.6 Å². The minimum absolute atomic E-state index is 0.0548. The van der Waals surface area contributed by atoms with Crippen LogP contribution in [0.1, 0.15) is 23.3 Å². The van der Waals surface area contributed by atoms with Crippen molar-refractivity contribution in [1.29, 1.82) is 0 Å². The molecule has 1 fully saturated rings. The molecule has 1 aliphatic carbocycles. The van der Waals surface area contributed by atoms with Gasteiger partial charge in [0.05, 0.1) is 25.4 Å². The second kappa shape index (κ2) is 7.30. The van der Waals surface area contributed by atoms with Gasteiger partial charge >= 0.3 is 0 Å². The van der Waals surface area contributed by atoms with Gasteiger partial charge < -0.3 is 9.47 Å². The van der Waals surface area contributed by atoms with E-state index < -0.39 is 0 Å². The number of carbonyl (C=O) groups is 1. The van der Waals surface area contributed by atoms with E-state index in [1.165, 1.54) is 6.33 Å². The van der Waals surface area contributed by atoms with Crippen LogP contribution in [0.15, 0.2) is 37.3 Å². The van der Waals surface area contributed by atoms with Gasteiger partial charge in [-0.25, -0.2) is 24.6 Å². The van der Waals surface area contributed by atoms with E-state index in [4.69, 9.17) is 9.47 Å². The molecule has 23 heavy (non-hydrogen) atoms. The number of ether oxygens (including phenoxy) is 2. The molecule has 0 saturated heterocycles. The van der Waals surface area contributed by atoms with E-state index in [-0.39, 0.29) is 18.1 Å². The van der Waals surface area contributed by atoms with Crippen LogP contribution in [0.4, 0.5) is 0 Å². The van der Waals surface area contributed by atoms with Crippen molar-refractivity contribution in [2.24, 2.45) is 0 Å². The minimum Gasteiger partial charge on any atom is -0.382 e. The zero-order valence-electron chi connectivity index (χ0n) is 12.9. The molecule has 2 aromatic rings. The van der Waals surface area contributed by atoms with Crippen LogP contribution in [-0.2, 0) is 9.47 Å². The molecule has 2 aromatic heterocycles. The molecule has 0 aromatic carbocycles. The Morgan fingerprint density at radius 3 is 2.87 bits per heavy atom. The first-order valence-electron chi connectivity index (χ1n) is 7.48. The van der Waals surface area contributed by atoms with Crippen LogP contribution < -0.4 is 5.01 Å². The van der Waals surface area contributed by atoms with Crippen LogP contribution in [0.2, 0.25) is 0 Å². The normalized spacial score (nSPS) is 20.0. The first-order chi connectivity index (χ1) is 11.3. The largest absolute Gasteiger partial charge is 0.382 e. The third-order valence-corrected chi connectivity index (χ3v) is 3.81. The molecule has 2 heterocycles. The highest BCUT2D eigenvalue weighted by Crippen LogP contribution is 2.28. The standard InChI is InChI=1S/C15H19N5O3/c1-22-6-7-23-13-8-12(9-13)20(19-5-4-17-11-19)15(21)14-2-3-16-10-18-14/h2-5,10-13H,6-9H2,1H3. The fraction of sp³-hybridized carbons (Fsp3) is 0.467. The lowest BCUT2D eigenvalue weighted by molar-refractivity contribution is -0.0330. The summed E-state index contributed by atoms with van der Waals surface area (Å²) in [6.45, 7) is 1.14. The Labute approximate surface area is 134 Å². The second-order valence-corrected chi connectivity index (χ2v) is 5.30. The lowest BCUT2D eigenvalue weighted by atomic mass is 9.88. The molecule has 8 nitrogen and oxygen atoms in total. The van der Waals surface area contributed by atoms with Crippen LogP contribution in [-0.4, -0.2) is 58.0 Å². The van der Waals surface area contributed by atoms with Gasteiger partial charge in [0.25, 0.3) is 5.91 Å². The summed E-state index contributed by atoms with van der Waals surface area (Å²) in [5, 5.41) is 1.67. The summed E-state index contributed by atoms with van der Waals surface area (Å²) in [7, 11) is 1.65. The number of hydrogen-bond acceptors (Lipinski definition) is 6. The Kier molecular flexibility index (Phi) is 4.94. The molecule has 0 bridgehead atoms. The molecule has 1 aliphatic rings. The van der Waals surface area contributed by atoms with Gasteiger partial charge in [0.15, 0.2) is 0 Å². The van der Waals surface area contributed by atoms with E-state index in [1.807, 2.05) is 0 Å². The maximum atomic E-state index is 12.8. The lowest BCUT2D eigenvalue weighted by Crippen LogP contribution is -2.56. The van der Waals surface area contributed by atoms with E-state index in [1.54, 1.807) is 47.8 Å². The summed E-state index contributed by atoms with van der Waals surface area (Å²) < 4.78 is 12.4. The van der Waals surface area contributed by atoms with Gasteiger partial charge in [-0.2, -0.15) is 0 Å². The lowest BCUT2D eigenvalue weighted by Gasteiger charge is -2.42. The highest BCUT2D eigenvalue weighted by molar-refractivity contribution is 6.00. The Hall–Kier alpha value is -2.32. The first kappa shape index (κ1) is 15.6. The zero-order valence-corrected chi connectivity index (χ0v) is 12.9. The molecule has 0 unspecified atom stereocenters. The van der Waals surface area contributed by atoms with Crippen molar-refractivity contribution in [3.8, 4) is 0 Å². The van der Waals surface area contributed by atoms with Crippen LogP contribution in [0.5, 0.6) is 0 Å². The average molecular weight is 317 g/mol. The molecule has 0 atom stereocenters. The summed E-state index contributed by atoms with van der Waals surface area (Å²) in [4.78, 5) is 24.7. The quantitative estimate of drug-likeness (QED) is 0.697. The van der Waals surface area contributed by atoms with E-state index in [0.717, 1.165) is 12.8 Å². The molecule has 1 saturated carbocycles. The smallest absolute Gasteiger partial charge is 0.291 e. The van der Waals surface area contributed by atoms with Crippen molar-refractivity contribution >= 4 is 5.91 Å². The number of aromatic nitrogens is 4. The summed E-state index contributed by atoms with van der Waals surface area (Å²) in [5.41, 5.74) is 0.359. The molecule has 3 rings (SSSR count). The Balaban J connectivity index is 1.68. The molecule has 0 aliphatic heterocycles. The van der Waals surface area contributed by atoms with Crippen molar-refractivity contribution in [3.05, 3.63) is 43.0 Å². The minimum atomic E-state index is -0.175. The number of carbonyl (C=O) groups excluding carboxylic acids is 1. The number of amides is 1. The number of nitrogens with zero attached hydrogens (tertiary/aromatic N) is 5. The molecular formula is C15H19N5O3. The van der Waals surface area contributed by atoms with Gasteiger partial charge in [-0.3, -0.25) is 4.79 Å². The number of methoxy groups -OCH3 is 1. The van der Waals surface area contributed by atoms with Gasteiger partial charge in [-0.15, -0.1) is 0 Å². The Bertz CT molecular complexity index is 613. The van der Waals surface area contributed by atoms with Gasteiger partial charge in [-0.1, -0.05) is 0 Å². The van der Waals surface area contributed by atoms with Crippen LogP contribution in [0, 0.1) is 0 Å². The molecule has 0 radical (unpaired) electrons. The first-order valence-corrected chi connectivity index (χ1v) is 7.48. The zero-order chi connectivity index (χ0) is 16.1. The maximum absolute atomic E-state index is 12.8. The maximum Gasteiger partial charge on any atom is 0.291 e. The molecule has 1 amide bonds. The Morgan fingerprint density at radius 2 is 2.22 bits per heavy atom. The molecule has 0 spiro atoms. The van der Waals surface area contributed by atoms with E-state index in [9.17, 15) is 4.79 Å². The summed E-state index contributed by atoms with van der Waals surface area (Å²) >= 11 is 0. The van der Waals surface area contributed by atoms with E-state index >= 15 is 0 Å². The van der Waals surface area contributed by atoms with Crippen molar-refractivity contribution in [2.75, 3.05) is 25.3 Å². The fourth-order valence-electron chi connectivity index (χ4n) is 2.55.